The van der Waals surface area contributed by atoms with E-state index in [0.717, 1.165) is 24.2 Å². The number of carbonyl (C=O) groups is 1. The van der Waals surface area contributed by atoms with Gasteiger partial charge in [-0.15, -0.1) is 5.10 Å². The maximum absolute atomic E-state index is 12.4. The van der Waals surface area contributed by atoms with Crippen molar-refractivity contribution in [1.29, 1.82) is 0 Å². The number of aliphatic hydroxyl groups is 2. The Hall–Kier alpha value is -2.85. The molecule has 2 aliphatic carbocycles. The van der Waals surface area contributed by atoms with Gasteiger partial charge in [0.05, 0.1) is 23.0 Å². The first-order chi connectivity index (χ1) is 18.6. The zero-order valence-corrected chi connectivity index (χ0v) is 23.2. The molecule has 0 bridgehead atoms. The van der Waals surface area contributed by atoms with E-state index in [1.165, 1.54) is 28.6 Å². The first-order valence-electron chi connectivity index (χ1n) is 12.9. The van der Waals surface area contributed by atoms with Crippen LogP contribution in [0.1, 0.15) is 50.6 Å². The second kappa shape index (κ2) is 11.0. The molecule has 2 aromatic heterocycles. The van der Waals surface area contributed by atoms with Crippen LogP contribution < -0.4 is 15.8 Å². The zero-order valence-electron chi connectivity index (χ0n) is 21.6. The Labute approximate surface area is 230 Å². The van der Waals surface area contributed by atoms with Crippen LogP contribution in [-0.2, 0) is 14.8 Å². The van der Waals surface area contributed by atoms with Crippen molar-refractivity contribution < 1.29 is 23.4 Å². The Bertz CT molecular complexity index is 1470. The molecule has 0 spiro atoms. The van der Waals surface area contributed by atoms with Gasteiger partial charge in [-0.1, -0.05) is 36.0 Å². The molecular formula is C24H32N8O5S2. The van der Waals surface area contributed by atoms with Crippen molar-refractivity contribution in [3.63, 3.8) is 0 Å². The predicted molar refractivity (Wildman–Crippen MR) is 145 cm³/mol. The molecule has 2 aliphatic rings. The highest BCUT2D eigenvalue weighted by molar-refractivity contribution is 7.99. The Morgan fingerprint density at radius 3 is 2.56 bits per heavy atom. The summed E-state index contributed by atoms with van der Waals surface area (Å²) in [4.78, 5) is 21.9. The molecule has 39 heavy (non-hydrogen) atoms. The lowest BCUT2D eigenvalue weighted by atomic mass is 10.0. The lowest BCUT2D eigenvalue weighted by Crippen LogP contribution is -2.38. The van der Waals surface area contributed by atoms with Crippen molar-refractivity contribution in [2.75, 3.05) is 17.6 Å². The summed E-state index contributed by atoms with van der Waals surface area (Å²) in [6.45, 7) is 4.28. The van der Waals surface area contributed by atoms with Crippen molar-refractivity contribution in [1.82, 2.24) is 30.3 Å². The summed E-state index contributed by atoms with van der Waals surface area (Å²) in [5, 5.41) is 41.9. The molecule has 2 heterocycles. The number of carbonyl (C=O) groups excluding carboxylic acids is 1. The van der Waals surface area contributed by atoms with Crippen LogP contribution in [0.5, 0.6) is 0 Å². The Balaban J connectivity index is 1.42. The standard InChI is InChI=1S/C24H32N8O5S2/c1-3-9-38-24-28-21(27-16-10-14(16)12-5-7-13(8-6-12)39(25,36)37)18-22(29-24)32(31-30-18)17-11-15(19(33)20(17)34)23(35)26-4-2/h5-8,14-17,19-20,33-34H,3-4,9-11H2,1-2H3,(H,26,35)(H2,25,36,37)(H,27,28,29). The summed E-state index contributed by atoms with van der Waals surface area (Å²) < 4.78 is 24.6. The monoisotopic (exact) mass is 576 g/mol. The number of hydrogen-bond donors (Lipinski definition) is 5. The van der Waals surface area contributed by atoms with Crippen molar-refractivity contribution in [2.45, 2.75) is 73.4 Å². The molecule has 6 N–H and O–H groups in total. The largest absolute Gasteiger partial charge is 0.390 e. The summed E-state index contributed by atoms with van der Waals surface area (Å²) >= 11 is 1.49. The summed E-state index contributed by atoms with van der Waals surface area (Å²) in [7, 11) is -3.76. The molecule has 0 radical (unpaired) electrons. The maximum atomic E-state index is 12.4. The smallest absolute Gasteiger partial charge is 0.238 e. The van der Waals surface area contributed by atoms with Crippen LogP contribution >= 0.6 is 11.8 Å². The van der Waals surface area contributed by atoms with E-state index in [1.807, 2.05) is 0 Å². The molecule has 210 valence electrons. The van der Waals surface area contributed by atoms with Crippen LogP contribution in [0.25, 0.3) is 11.2 Å². The second-order valence-corrected chi connectivity index (χ2v) is 12.5. The van der Waals surface area contributed by atoms with Gasteiger partial charge in [0.2, 0.25) is 15.9 Å². The molecular weight excluding hydrogens is 544 g/mol. The molecule has 2 saturated carbocycles. The number of primary sulfonamides is 1. The molecule has 5 rings (SSSR count). The number of nitrogens with one attached hydrogen (secondary N) is 2. The van der Waals surface area contributed by atoms with E-state index in [0.29, 0.717) is 28.7 Å². The SMILES string of the molecule is CCCSc1nc(NC2CC2c2ccc(S(N)(=O)=O)cc2)c2nnn(C3CC(C(=O)NCC)C(O)C3O)c2n1. The number of rotatable bonds is 10. The summed E-state index contributed by atoms with van der Waals surface area (Å²) in [5.74, 6) is 0.371. The number of nitrogens with zero attached hydrogens (tertiary/aromatic N) is 5. The molecule has 1 aromatic carbocycles. The molecule has 1 amide bonds. The highest BCUT2D eigenvalue weighted by Crippen LogP contribution is 2.44. The molecule has 6 atom stereocenters. The minimum Gasteiger partial charge on any atom is -0.390 e. The van der Waals surface area contributed by atoms with E-state index in [2.05, 4.69) is 37.8 Å². The number of aromatic nitrogens is 5. The average Bonchev–Trinajstić information content (AvgIpc) is 3.44. The van der Waals surface area contributed by atoms with Crippen molar-refractivity contribution in [3.8, 4) is 0 Å². The molecule has 0 saturated heterocycles. The summed E-state index contributed by atoms with van der Waals surface area (Å²) in [6.07, 6.45) is -0.521. The number of fused-ring (bicyclic) bond motifs is 1. The van der Waals surface area contributed by atoms with Gasteiger partial charge in [-0.05, 0) is 43.9 Å². The van der Waals surface area contributed by atoms with Gasteiger partial charge in [0.15, 0.2) is 22.1 Å². The lowest BCUT2D eigenvalue weighted by molar-refractivity contribution is -0.128. The van der Waals surface area contributed by atoms with Gasteiger partial charge in [-0.3, -0.25) is 4.79 Å². The van der Waals surface area contributed by atoms with E-state index in [-0.39, 0.29) is 29.2 Å². The molecule has 0 aliphatic heterocycles. The van der Waals surface area contributed by atoms with E-state index in [1.54, 1.807) is 19.1 Å². The zero-order chi connectivity index (χ0) is 27.9. The minimum atomic E-state index is -3.76. The normalized spacial score (nSPS) is 26.6. The van der Waals surface area contributed by atoms with E-state index < -0.39 is 34.2 Å². The number of thioether (sulfide) groups is 1. The number of hydrogen-bond acceptors (Lipinski definition) is 11. The predicted octanol–water partition coefficient (Wildman–Crippen LogP) is 0.758. The molecule has 2 fully saturated rings. The van der Waals surface area contributed by atoms with Gasteiger partial charge in [-0.2, -0.15) is 0 Å². The third-order valence-electron chi connectivity index (χ3n) is 7.14. The number of anilines is 1. The van der Waals surface area contributed by atoms with Gasteiger partial charge in [0.25, 0.3) is 0 Å². The third-order valence-corrected chi connectivity index (χ3v) is 9.12. The van der Waals surface area contributed by atoms with Crippen LogP contribution in [0.15, 0.2) is 34.3 Å². The Morgan fingerprint density at radius 1 is 1.15 bits per heavy atom. The molecule has 6 unspecified atom stereocenters. The topological polar surface area (TPSA) is 198 Å². The van der Waals surface area contributed by atoms with E-state index in [9.17, 15) is 23.4 Å². The van der Waals surface area contributed by atoms with Gasteiger partial charge in [0, 0.05) is 24.3 Å². The second-order valence-electron chi connectivity index (χ2n) is 9.90. The van der Waals surface area contributed by atoms with E-state index >= 15 is 0 Å². The van der Waals surface area contributed by atoms with Crippen LogP contribution in [0.2, 0.25) is 0 Å². The number of aliphatic hydroxyl groups excluding tert-OH is 2. The van der Waals surface area contributed by atoms with Gasteiger partial charge in [-0.25, -0.2) is 28.2 Å². The van der Waals surface area contributed by atoms with Gasteiger partial charge < -0.3 is 20.8 Å². The van der Waals surface area contributed by atoms with Crippen LogP contribution in [0, 0.1) is 5.92 Å². The molecule has 13 nitrogen and oxygen atoms in total. The van der Waals surface area contributed by atoms with Crippen LogP contribution in [0.3, 0.4) is 0 Å². The number of sulfonamides is 1. The summed E-state index contributed by atoms with van der Waals surface area (Å²) in [6, 6.07) is 5.89. The van der Waals surface area contributed by atoms with Crippen molar-refractivity contribution in [3.05, 3.63) is 29.8 Å². The Kier molecular flexibility index (Phi) is 7.79. The first-order valence-corrected chi connectivity index (χ1v) is 15.4. The van der Waals surface area contributed by atoms with Crippen LogP contribution in [-0.4, -0.2) is 80.0 Å². The quantitative estimate of drug-likeness (QED) is 0.169. The summed E-state index contributed by atoms with van der Waals surface area (Å²) in [5.41, 5.74) is 1.82. The minimum absolute atomic E-state index is 0.0404. The van der Waals surface area contributed by atoms with E-state index in [4.69, 9.17) is 5.14 Å². The van der Waals surface area contributed by atoms with Crippen molar-refractivity contribution >= 4 is 44.7 Å². The fourth-order valence-corrected chi connectivity index (χ4v) is 6.22. The number of nitrogens with two attached hydrogens (primary N) is 1. The number of amides is 1. The maximum Gasteiger partial charge on any atom is 0.238 e. The Morgan fingerprint density at radius 2 is 1.90 bits per heavy atom. The van der Waals surface area contributed by atoms with Crippen LogP contribution in [0.4, 0.5) is 5.82 Å². The highest BCUT2D eigenvalue weighted by Gasteiger charge is 2.47. The lowest BCUT2D eigenvalue weighted by Gasteiger charge is -2.17. The molecule has 15 heteroatoms. The van der Waals surface area contributed by atoms with Gasteiger partial charge in [0.1, 0.15) is 6.10 Å². The fraction of sp³-hybridized carbons (Fsp3) is 0.542. The van der Waals surface area contributed by atoms with Gasteiger partial charge >= 0.3 is 0 Å². The number of benzene rings is 1. The first kappa shape index (κ1) is 27.7. The third kappa shape index (κ3) is 5.59. The fourth-order valence-electron chi connectivity index (χ4n) is 5.01. The average molecular weight is 577 g/mol. The van der Waals surface area contributed by atoms with Crippen molar-refractivity contribution in [2.24, 2.45) is 11.1 Å². The molecule has 3 aromatic rings. The highest BCUT2D eigenvalue weighted by atomic mass is 32.2.